The van der Waals surface area contributed by atoms with Gasteiger partial charge in [-0.15, -0.1) is 0 Å². The number of aromatic amines is 2. The van der Waals surface area contributed by atoms with Crippen molar-refractivity contribution in [3.8, 4) is 0 Å². The van der Waals surface area contributed by atoms with Crippen LogP contribution in [-0.4, -0.2) is 31.7 Å². The summed E-state index contributed by atoms with van der Waals surface area (Å²) in [6.45, 7) is 0. The van der Waals surface area contributed by atoms with E-state index in [-0.39, 0.29) is 5.69 Å². The maximum absolute atomic E-state index is 11.3. The van der Waals surface area contributed by atoms with E-state index in [1.807, 2.05) is 12.1 Å². The van der Waals surface area contributed by atoms with Gasteiger partial charge in [-0.25, -0.2) is 4.79 Å². The highest BCUT2D eigenvalue weighted by molar-refractivity contribution is 9.10. The zero-order valence-corrected chi connectivity index (χ0v) is 12.6. The third-order valence-corrected chi connectivity index (χ3v) is 5.39. The van der Waals surface area contributed by atoms with Crippen LogP contribution in [0.2, 0.25) is 0 Å². The van der Waals surface area contributed by atoms with Crippen molar-refractivity contribution in [1.82, 2.24) is 9.97 Å². The van der Waals surface area contributed by atoms with E-state index >= 15 is 0 Å². The standard InChI is InChI=1S/C12H14BrN3O2S/c13-8-5-10-11(16-12(17)15-10)6-9(8)14-7-1-3-19(18)4-2-7/h5-7,14H,1-4H2,(H2,15,16,17). The van der Waals surface area contributed by atoms with Crippen LogP contribution in [0.25, 0.3) is 11.0 Å². The van der Waals surface area contributed by atoms with Crippen LogP contribution in [0.3, 0.4) is 0 Å². The summed E-state index contributed by atoms with van der Waals surface area (Å²) in [5.74, 6) is 1.52. The van der Waals surface area contributed by atoms with Gasteiger partial charge in [0.05, 0.1) is 16.7 Å². The van der Waals surface area contributed by atoms with Crippen LogP contribution in [0, 0.1) is 0 Å². The normalized spacial score (nSPS) is 23.6. The van der Waals surface area contributed by atoms with Crippen LogP contribution in [0.15, 0.2) is 21.4 Å². The molecule has 102 valence electrons. The first-order valence-corrected chi connectivity index (χ1v) is 8.43. The molecule has 7 heteroatoms. The Kier molecular flexibility index (Phi) is 3.49. The molecule has 0 radical (unpaired) electrons. The Labute approximate surface area is 120 Å². The number of benzene rings is 1. The summed E-state index contributed by atoms with van der Waals surface area (Å²) >= 11 is 3.51. The molecule has 1 saturated heterocycles. The van der Waals surface area contributed by atoms with Crippen LogP contribution in [-0.2, 0) is 10.8 Å². The van der Waals surface area contributed by atoms with Gasteiger partial charge in [0.25, 0.3) is 0 Å². The van der Waals surface area contributed by atoms with E-state index < -0.39 is 10.8 Å². The van der Waals surface area contributed by atoms with E-state index in [1.54, 1.807) is 0 Å². The number of H-pyrrole nitrogens is 2. The minimum atomic E-state index is -0.647. The average molecular weight is 344 g/mol. The molecule has 2 aromatic rings. The van der Waals surface area contributed by atoms with Crippen LogP contribution in [0.5, 0.6) is 0 Å². The van der Waals surface area contributed by atoms with Crippen molar-refractivity contribution in [2.45, 2.75) is 18.9 Å². The second-order valence-electron chi connectivity index (χ2n) is 4.72. The first-order chi connectivity index (χ1) is 9.11. The molecule has 0 atom stereocenters. The van der Waals surface area contributed by atoms with E-state index in [1.165, 1.54) is 0 Å². The summed E-state index contributed by atoms with van der Waals surface area (Å²) in [7, 11) is -0.647. The number of rotatable bonds is 2. The smallest absolute Gasteiger partial charge is 0.323 e. The summed E-state index contributed by atoms with van der Waals surface area (Å²) in [5, 5.41) is 3.45. The topological polar surface area (TPSA) is 77.8 Å². The molecule has 0 aliphatic carbocycles. The Morgan fingerprint density at radius 1 is 1.21 bits per heavy atom. The number of nitrogens with one attached hydrogen (secondary N) is 3. The van der Waals surface area contributed by atoms with Crippen molar-refractivity contribution in [2.75, 3.05) is 16.8 Å². The zero-order chi connectivity index (χ0) is 13.4. The highest BCUT2D eigenvalue weighted by Crippen LogP contribution is 2.28. The van der Waals surface area contributed by atoms with Crippen molar-refractivity contribution in [2.24, 2.45) is 0 Å². The van der Waals surface area contributed by atoms with Crippen LogP contribution < -0.4 is 11.0 Å². The predicted octanol–water partition coefficient (Wildman–Crippen LogP) is 1.94. The Bertz CT molecular complexity index is 684. The largest absolute Gasteiger partial charge is 0.381 e. The predicted molar refractivity (Wildman–Crippen MR) is 81.1 cm³/mol. The molecule has 1 aliphatic heterocycles. The summed E-state index contributed by atoms with van der Waals surface area (Å²) < 4.78 is 12.3. The molecule has 0 unspecified atom stereocenters. The lowest BCUT2D eigenvalue weighted by Gasteiger charge is -2.24. The van der Waals surface area contributed by atoms with Crippen molar-refractivity contribution in [1.29, 1.82) is 0 Å². The lowest BCUT2D eigenvalue weighted by Crippen LogP contribution is -2.29. The molecule has 0 spiro atoms. The minimum absolute atomic E-state index is 0.202. The van der Waals surface area contributed by atoms with E-state index in [2.05, 4.69) is 31.2 Å². The number of hydrogen-bond donors (Lipinski definition) is 3. The fraction of sp³-hybridized carbons (Fsp3) is 0.417. The summed E-state index contributed by atoms with van der Waals surface area (Å²) in [5.41, 5.74) is 2.33. The van der Waals surface area contributed by atoms with Gasteiger partial charge in [0, 0.05) is 32.8 Å². The SMILES string of the molecule is O=c1[nH]c2cc(Br)c(NC3CCS(=O)CC3)cc2[nH]1. The lowest BCUT2D eigenvalue weighted by molar-refractivity contribution is 0.624. The van der Waals surface area contributed by atoms with Gasteiger partial charge in [0.1, 0.15) is 0 Å². The molecule has 0 bridgehead atoms. The molecule has 1 fully saturated rings. The highest BCUT2D eigenvalue weighted by Gasteiger charge is 2.18. The van der Waals surface area contributed by atoms with Crippen LogP contribution in [0.4, 0.5) is 5.69 Å². The molecular formula is C12H14BrN3O2S. The molecule has 1 aliphatic rings. The van der Waals surface area contributed by atoms with Gasteiger partial charge >= 0.3 is 5.69 Å². The van der Waals surface area contributed by atoms with E-state index in [0.29, 0.717) is 6.04 Å². The number of anilines is 1. The molecule has 19 heavy (non-hydrogen) atoms. The molecule has 5 nitrogen and oxygen atoms in total. The molecule has 3 N–H and O–H groups in total. The van der Waals surface area contributed by atoms with Gasteiger partial charge in [-0.1, -0.05) is 0 Å². The Morgan fingerprint density at radius 2 is 1.84 bits per heavy atom. The molecule has 3 rings (SSSR count). The molecule has 0 saturated carbocycles. The third kappa shape index (κ3) is 2.76. The number of aromatic nitrogens is 2. The van der Waals surface area contributed by atoms with Gasteiger partial charge < -0.3 is 15.3 Å². The Hall–Kier alpha value is -1.08. The van der Waals surface area contributed by atoms with Crippen LogP contribution >= 0.6 is 15.9 Å². The summed E-state index contributed by atoms with van der Waals surface area (Å²) in [6.07, 6.45) is 1.83. The molecule has 2 heterocycles. The third-order valence-electron chi connectivity index (χ3n) is 3.35. The number of fused-ring (bicyclic) bond motifs is 1. The molecule has 0 amide bonds. The van der Waals surface area contributed by atoms with E-state index in [9.17, 15) is 9.00 Å². The number of hydrogen-bond acceptors (Lipinski definition) is 3. The van der Waals surface area contributed by atoms with Crippen molar-refractivity contribution < 1.29 is 4.21 Å². The monoisotopic (exact) mass is 343 g/mol. The Balaban J connectivity index is 1.85. The van der Waals surface area contributed by atoms with Gasteiger partial charge in [-0.05, 0) is 40.9 Å². The molecule has 1 aromatic heterocycles. The maximum Gasteiger partial charge on any atom is 0.323 e. The van der Waals surface area contributed by atoms with E-state index in [4.69, 9.17) is 0 Å². The number of imidazole rings is 1. The van der Waals surface area contributed by atoms with Crippen molar-refractivity contribution in [3.05, 3.63) is 27.1 Å². The van der Waals surface area contributed by atoms with Gasteiger partial charge in [-0.3, -0.25) is 4.21 Å². The fourth-order valence-electron chi connectivity index (χ4n) is 2.32. The highest BCUT2D eigenvalue weighted by atomic mass is 79.9. The molecule has 1 aromatic carbocycles. The Morgan fingerprint density at radius 3 is 2.53 bits per heavy atom. The second kappa shape index (κ2) is 5.13. The average Bonchev–Trinajstić information content (AvgIpc) is 2.72. The van der Waals surface area contributed by atoms with Gasteiger partial charge in [0.15, 0.2) is 0 Å². The van der Waals surface area contributed by atoms with Crippen molar-refractivity contribution in [3.63, 3.8) is 0 Å². The maximum atomic E-state index is 11.3. The minimum Gasteiger partial charge on any atom is -0.381 e. The van der Waals surface area contributed by atoms with Gasteiger partial charge in [-0.2, -0.15) is 0 Å². The van der Waals surface area contributed by atoms with E-state index in [0.717, 1.165) is 45.5 Å². The molecular weight excluding hydrogens is 330 g/mol. The first-order valence-electron chi connectivity index (χ1n) is 6.15. The summed E-state index contributed by atoms with van der Waals surface area (Å²) in [4.78, 5) is 16.7. The number of halogens is 1. The van der Waals surface area contributed by atoms with Crippen LogP contribution in [0.1, 0.15) is 12.8 Å². The summed E-state index contributed by atoms with van der Waals surface area (Å²) in [6, 6.07) is 4.15. The zero-order valence-electron chi connectivity index (χ0n) is 10.2. The van der Waals surface area contributed by atoms with Gasteiger partial charge in [0.2, 0.25) is 0 Å². The van der Waals surface area contributed by atoms with Crippen molar-refractivity contribution >= 4 is 43.5 Å². The quantitative estimate of drug-likeness (QED) is 0.779. The fourth-order valence-corrected chi connectivity index (χ4v) is 4.08. The lowest BCUT2D eigenvalue weighted by atomic mass is 10.1. The first kappa shape index (κ1) is 12.9. The second-order valence-corrected chi connectivity index (χ2v) is 7.27.